The Bertz CT molecular complexity index is 670. The van der Waals surface area contributed by atoms with E-state index in [1.807, 2.05) is 42.5 Å². The molecule has 1 saturated carbocycles. The summed E-state index contributed by atoms with van der Waals surface area (Å²) >= 11 is 0. The lowest BCUT2D eigenvalue weighted by atomic mass is 9.64. The molecule has 0 aliphatic heterocycles. The van der Waals surface area contributed by atoms with Gasteiger partial charge in [-0.15, -0.1) is 12.4 Å². The fourth-order valence-electron chi connectivity index (χ4n) is 3.15. The Balaban J connectivity index is 0.00000225. The van der Waals surface area contributed by atoms with Crippen molar-refractivity contribution in [3.63, 3.8) is 0 Å². The minimum absolute atomic E-state index is 0. The van der Waals surface area contributed by atoms with Gasteiger partial charge in [0.15, 0.2) is 0 Å². The van der Waals surface area contributed by atoms with Crippen molar-refractivity contribution in [3.8, 4) is 5.75 Å². The fourth-order valence-corrected chi connectivity index (χ4v) is 3.15. The van der Waals surface area contributed by atoms with Gasteiger partial charge in [0.05, 0.1) is 5.41 Å². The maximum atomic E-state index is 12.8. The zero-order chi connectivity index (χ0) is 16.8. The van der Waals surface area contributed by atoms with Gasteiger partial charge in [0.25, 0.3) is 0 Å². The molecule has 2 aromatic carbocycles. The molecule has 134 valence electrons. The number of carbonyl (C=O) groups is 1. The second-order valence-corrected chi connectivity index (χ2v) is 6.41. The molecule has 0 spiro atoms. The van der Waals surface area contributed by atoms with Gasteiger partial charge in [-0.3, -0.25) is 4.79 Å². The predicted molar refractivity (Wildman–Crippen MR) is 103 cm³/mol. The van der Waals surface area contributed by atoms with Crippen LogP contribution in [-0.4, -0.2) is 19.1 Å². The first-order valence-electron chi connectivity index (χ1n) is 8.50. The van der Waals surface area contributed by atoms with Crippen LogP contribution in [0, 0.1) is 5.41 Å². The number of hydrogen-bond donors (Lipinski definition) is 2. The van der Waals surface area contributed by atoms with Crippen molar-refractivity contribution < 1.29 is 9.53 Å². The van der Waals surface area contributed by atoms with Gasteiger partial charge in [0.1, 0.15) is 12.4 Å². The number of nitrogens with two attached hydrogens (primary N) is 1. The summed E-state index contributed by atoms with van der Waals surface area (Å²) in [5.74, 6) is 0.884. The molecule has 0 unspecified atom stereocenters. The number of nitrogens with one attached hydrogen (secondary N) is 1. The monoisotopic (exact) mass is 360 g/mol. The Hall–Kier alpha value is -2.04. The van der Waals surface area contributed by atoms with Gasteiger partial charge in [-0.05, 0) is 49.1 Å². The van der Waals surface area contributed by atoms with E-state index in [9.17, 15) is 4.79 Å². The van der Waals surface area contributed by atoms with E-state index in [0.717, 1.165) is 37.1 Å². The lowest BCUT2D eigenvalue weighted by molar-refractivity contribution is -0.130. The van der Waals surface area contributed by atoms with Gasteiger partial charge in [0.2, 0.25) is 5.91 Å². The molecular formula is C20H25ClN2O2. The van der Waals surface area contributed by atoms with Crippen LogP contribution in [0.4, 0.5) is 5.69 Å². The largest absolute Gasteiger partial charge is 0.492 e. The highest BCUT2D eigenvalue weighted by atomic mass is 35.5. The normalized spacial score (nSPS) is 14.8. The average Bonchev–Trinajstić information content (AvgIpc) is 2.58. The summed E-state index contributed by atoms with van der Waals surface area (Å²) in [5, 5.41) is 3.07. The summed E-state index contributed by atoms with van der Waals surface area (Å²) in [6.45, 7) is 0.979. The minimum Gasteiger partial charge on any atom is -0.492 e. The molecule has 0 radical (unpaired) electrons. The molecule has 0 saturated heterocycles. The summed E-state index contributed by atoms with van der Waals surface area (Å²) in [7, 11) is 0. The third kappa shape index (κ3) is 4.74. The number of benzene rings is 2. The highest BCUT2D eigenvalue weighted by molar-refractivity contribution is 5.96. The Kier molecular flexibility index (Phi) is 6.85. The minimum atomic E-state index is -0.268. The van der Waals surface area contributed by atoms with E-state index in [1.54, 1.807) is 0 Å². The maximum Gasteiger partial charge on any atom is 0.230 e. The first kappa shape index (κ1) is 19.3. The summed E-state index contributed by atoms with van der Waals surface area (Å²) < 4.78 is 5.46. The van der Waals surface area contributed by atoms with Crippen LogP contribution in [-0.2, 0) is 11.2 Å². The highest BCUT2D eigenvalue weighted by Gasteiger charge is 2.43. The lowest BCUT2D eigenvalue weighted by Gasteiger charge is -2.40. The third-order valence-electron chi connectivity index (χ3n) is 4.68. The molecule has 3 rings (SSSR count). The molecule has 2 aromatic rings. The number of anilines is 1. The fraction of sp³-hybridized carbons (Fsp3) is 0.350. The molecule has 0 atom stereocenters. The van der Waals surface area contributed by atoms with Crippen molar-refractivity contribution in [3.05, 3.63) is 60.2 Å². The summed E-state index contributed by atoms with van der Waals surface area (Å²) in [6.07, 6.45) is 3.82. The zero-order valence-electron chi connectivity index (χ0n) is 14.2. The van der Waals surface area contributed by atoms with E-state index >= 15 is 0 Å². The molecule has 0 aromatic heterocycles. The van der Waals surface area contributed by atoms with Gasteiger partial charge in [-0.1, -0.05) is 36.8 Å². The molecular weight excluding hydrogens is 336 g/mol. The van der Waals surface area contributed by atoms with E-state index in [-0.39, 0.29) is 23.7 Å². The standard InChI is InChI=1S/C20H24N2O2.ClH/c21-13-14-24-18-9-7-17(8-10-18)22-19(23)20(11-4-12-20)15-16-5-2-1-3-6-16;/h1-3,5-10H,4,11-15,21H2,(H,22,23);1H. The quantitative estimate of drug-likeness (QED) is 0.789. The molecule has 1 aliphatic rings. The Morgan fingerprint density at radius 1 is 1.08 bits per heavy atom. The predicted octanol–water partition coefficient (Wildman–Crippen LogP) is 3.80. The highest BCUT2D eigenvalue weighted by Crippen LogP contribution is 2.44. The van der Waals surface area contributed by atoms with Crippen molar-refractivity contribution in [1.82, 2.24) is 0 Å². The van der Waals surface area contributed by atoms with Gasteiger partial charge in [0, 0.05) is 12.2 Å². The second-order valence-electron chi connectivity index (χ2n) is 6.41. The number of carbonyl (C=O) groups excluding carboxylic acids is 1. The Labute approximate surface area is 155 Å². The van der Waals surface area contributed by atoms with Crippen molar-refractivity contribution in [2.45, 2.75) is 25.7 Å². The molecule has 5 heteroatoms. The van der Waals surface area contributed by atoms with Gasteiger partial charge >= 0.3 is 0 Å². The topological polar surface area (TPSA) is 64.3 Å². The number of halogens is 1. The van der Waals surface area contributed by atoms with E-state index in [0.29, 0.717) is 13.2 Å². The second kappa shape index (κ2) is 8.88. The van der Waals surface area contributed by atoms with Gasteiger partial charge in [-0.2, -0.15) is 0 Å². The first-order valence-corrected chi connectivity index (χ1v) is 8.50. The van der Waals surface area contributed by atoms with E-state index in [1.165, 1.54) is 5.56 Å². The van der Waals surface area contributed by atoms with Crippen LogP contribution in [0.25, 0.3) is 0 Å². The van der Waals surface area contributed by atoms with Crippen molar-refractivity contribution >= 4 is 24.0 Å². The third-order valence-corrected chi connectivity index (χ3v) is 4.68. The van der Waals surface area contributed by atoms with Crippen LogP contribution in [0.3, 0.4) is 0 Å². The Morgan fingerprint density at radius 3 is 2.32 bits per heavy atom. The molecule has 1 aliphatic carbocycles. The van der Waals surface area contributed by atoms with E-state index in [2.05, 4.69) is 17.4 Å². The molecule has 3 N–H and O–H groups in total. The zero-order valence-corrected chi connectivity index (χ0v) is 15.1. The molecule has 1 amide bonds. The average molecular weight is 361 g/mol. The summed E-state index contributed by atoms with van der Waals surface area (Å²) in [4.78, 5) is 12.8. The van der Waals surface area contributed by atoms with E-state index in [4.69, 9.17) is 10.5 Å². The smallest absolute Gasteiger partial charge is 0.230 e. The van der Waals surface area contributed by atoms with Crippen LogP contribution < -0.4 is 15.8 Å². The van der Waals surface area contributed by atoms with Crippen molar-refractivity contribution in [2.24, 2.45) is 11.1 Å². The van der Waals surface area contributed by atoms with Crippen molar-refractivity contribution in [2.75, 3.05) is 18.5 Å². The SMILES string of the molecule is Cl.NCCOc1ccc(NC(=O)C2(Cc3ccccc3)CCC2)cc1. The number of rotatable bonds is 7. The van der Waals surface area contributed by atoms with Crippen LogP contribution in [0.15, 0.2) is 54.6 Å². The molecule has 25 heavy (non-hydrogen) atoms. The molecule has 0 heterocycles. The first-order chi connectivity index (χ1) is 11.7. The molecule has 4 nitrogen and oxygen atoms in total. The van der Waals surface area contributed by atoms with Crippen LogP contribution >= 0.6 is 12.4 Å². The number of hydrogen-bond acceptors (Lipinski definition) is 3. The van der Waals surface area contributed by atoms with Crippen LogP contribution in [0.1, 0.15) is 24.8 Å². The van der Waals surface area contributed by atoms with Gasteiger partial charge < -0.3 is 15.8 Å². The molecule has 0 bridgehead atoms. The van der Waals surface area contributed by atoms with Crippen molar-refractivity contribution in [1.29, 1.82) is 0 Å². The van der Waals surface area contributed by atoms with E-state index < -0.39 is 0 Å². The van der Waals surface area contributed by atoms with Crippen LogP contribution in [0.2, 0.25) is 0 Å². The number of amides is 1. The van der Waals surface area contributed by atoms with Gasteiger partial charge in [-0.25, -0.2) is 0 Å². The maximum absolute atomic E-state index is 12.8. The Morgan fingerprint density at radius 2 is 1.76 bits per heavy atom. The summed E-state index contributed by atoms with van der Waals surface area (Å²) in [6, 6.07) is 17.7. The number of ether oxygens (including phenoxy) is 1. The lowest BCUT2D eigenvalue weighted by Crippen LogP contribution is -2.43. The summed E-state index contributed by atoms with van der Waals surface area (Å²) in [5.41, 5.74) is 7.18. The molecule has 1 fully saturated rings. The van der Waals surface area contributed by atoms with Crippen LogP contribution in [0.5, 0.6) is 5.75 Å².